The molecule has 4 aliphatic rings. The van der Waals surface area contributed by atoms with Crippen molar-refractivity contribution in [2.45, 2.75) is 95.1 Å². The molecule has 0 bridgehead atoms. The Morgan fingerprint density at radius 1 is 0.774 bits per heavy atom. The smallest absolute Gasteiger partial charge is 0.336 e. The lowest BCUT2D eigenvalue weighted by atomic mass is 9.68. The van der Waals surface area contributed by atoms with Gasteiger partial charge in [-0.2, -0.15) is 17.6 Å². The second-order valence-electron chi connectivity index (χ2n) is 10.3. The van der Waals surface area contributed by atoms with Crippen molar-refractivity contribution in [1.29, 1.82) is 0 Å². The Morgan fingerprint density at radius 3 is 1.90 bits per heavy atom. The van der Waals surface area contributed by atoms with Crippen LogP contribution in [0.5, 0.6) is 0 Å². The molecule has 1 aliphatic heterocycles. The van der Waals surface area contributed by atoms with Gasteiger partial charge in [0.25, 0.3) is 0 Å². The van der Waals surface area contributed by atoms with Crippen LogP contribution in [0.1, 0.15) is 71.1 Å². The van der Waals surface area contributed by atoms with Gasteiger partial charge in [0.15, 0.2) is 0 Å². The Labute approximate surface area is 183 Å². The van der Waals surface area contributed by atoms with Crippen LogP contribution >= 0.6 is 0 Å². The van der Waals surface area contributed by atoms with E-state index in [1.165, 1.54) is 44.6 Å². The number of allylic oxidation sites excluding steroid dienone is 3. The molecule has 0 spiro atoms. The summed E-state index contributed by atoms with van der Waals surface area (Å²) in [6, 6.07) is 0.683. The average Bonchev–Trinajstić information content (AvgIpc) is 2.78. The molecule has 0 aromatic carbocycles. The maximum Gasteiger partial charge on any atom is 0.336 e. The maximum atomic E-state index is 14.5. The van der Waals surface area contributed by atoms with Gasteiger partial charge in [0.2, 0.25) is 0 Å². The van der Waals surface area contributed by atoms with Crippen LogP contribution in [0.4, 0.5) is 17.6 Å². The van der Waals surface area contributed by atoms with Crippen molar-refractivity contribution in [2.24, 2.45) is 23.7 Å². The van der Waals surface area contributed by atoms with Crippen LogP contribution < -0.4 is 5.32 Å². The summed E-state index contributed by atoms with van der Waals surface area (Å²) in [6.45, 7) is 1.19. The van der Waals surface area contributed by atoms with Crippen LogP contribution in [-0.2, 0) is 4.74 Å². The molecule has 6 heteroatoms. The summed E-state index contributed by atoms with van der Waals surface area (Å²) >= 11 is 0. The minimum absolute atomic E-state index is 0.0906. The van der Waals surface area contributed by atoms with Crippen molar-refractivity contribution in [3.8, 4) is 0 Å². The third-order valence-electron chi connectivity index (χ3n) is 8.71. The minimum Gasteiger partial charge on any atom is -0.377 e. The van der Waals surface area contributed by atoms with Crippen molar-refractivity contribution >= 4 is 0 Å². The van der Waals surface area contributed by atoms with Gasteiger partial charge in [-0.05, 0) is 95.9 Å². The molecule has 2 saturated carbocycles. The molecule has 0 aromatic heterocycles. The SMILES string of the molecule is CNC1CCC(C2CCC(C3CCC(C4=CC=C(C)C(F)(F)C4(F)F)CO3)CC2)CC1. The Kier molecular flexibility index (Phi) is 6.88. The monoisotopic (exact) mass is 443 g/mol. The van der Waals surface area contributed by atoms with Crippen LogP contribution in [0.2, 0.25) is 0 Å². The van der Waals surface area contributed by atoms with Crippen LogP contribution in [0.15, 0.2) is 23.3 Å². The number of hydrogen-bond acceptors (Lipinski definition) is 2. The second kappa shape index (κ2) is 9.17. The normalized spacial score (nSPS) is 40.7. The summed E-state index contributed by atoms with van der Waals surface area (Å²) in [7, 11) is 2.06. The van der Waals surface area contributed by atoms with Crippen LogP contribution in [-0.4, -0.2) is 37.6 Å². The highest BCUT2D eigenvalue weighted by atomic mass is 19.3. The standard InChI is InChI=1S/C25H37F4NO/c1-16-3-13-22(25(28,29)24(16,26)27)20-10-14-23(31-15-20)19-6-4-17(5-7-19)18-8-11-21(30-2)12-9-18/h3,13,17-21,23,30H,4-12,14-15H2,1-2H3. The number of halogens is 4. The number of ether oxygens (including phenoxy) is 1. The fourth-order valence-corrected chi connectivity index (χ4v) is 6.50. The van der Waals surface area contributed by atoms with Gasteiger partial charge in [-0.1, -0.05) is 12.2 Å². The van der Waals surface area contributed by atoms with Crippen LogP contribution in [0.25, 0.3) is 0 Å². The lowest BCUT2D eigenvalue weighted by molar-refractivity contribution is -0.172. The van der Waals surface area contributed by atoms with Crippen LogP contribution in [0, 0.1) is 23.7 Å². The zero-order valence-electron chi connectivity index (χ0n) is 18.8. The zero-order valence-corrected chi connectivity index (χ0v) is 18.8. The molecule has 3 fully saturated rings. The third kappa shape index (κ3) is 4.48. The van der Waals surface area contributed by atoms with Gasteiger partial charge < -0.3 is 10.1 Å². The summed E-state index contributed by atoms with van der Waals surface area (Å²) in [4.78, 5) is 0. The molecule has 1 heterocycles. The van der Waals surface area contributed by atoms with Gasteiger partial charge in [-0.15, -0.1) is 0 Å². The molecule has 0 aromatic rings. The van der Waals surface area contributed by atoms with Gasteiger partial charge in [-0.25, -0.2) is 0 Å². The number of rotatable bonds is 4. The van der Waals surface area contributed by atoms with E-state index in [-0.39, 0.29) is 12.7 Å². The van der Waals surface area contributed by atoms with Crippen molar-refractivity contribution < 1.29 is 22.3 Å². The van der Waals surface area contributed by atoms with E-state index < -0.39 is 28.9 Å². The Balaban J connectivity index is 1.27. The van der Waals surface area contributed by atoms with Crippen molar-refractivity contribution in [3.05, 3.63) is 23.3 Å². The number of hydrogen-bond donors (Lipinski definition) is 1. The molecule has 176 valence electrons. The van der Waals surface area contributed by atoms with Crippen molar-refractivity contribution in [2.75, 3.05) is 13.7 Å². The van der Waals surface area contributed by atoms with E-state index in [1.54, 1.807) is 0 Å². The predicted octanol–water partition coefficient (Wildman–Crippen LogP) is 6.52. The van der Waals surface area contributed by atoms with E-state index in [1.807, 2.05) is 0 Å². The highest BCUT2D eigenvalue weighted by molar-refractivity contribution is 5.38. The summed E-state index contributed by atoms with van der Waals surface area (Å²) < 4.78 is 63.1. The summed E-state index contributed by atoms with van der Waals surface area (Å²) in [6.07, 6.45) is 13.6. The highest BCUT2D eigenvalue weighted by Gasteiger charge is 2.62. The molecule has 4 rings (SSSR count). The Morgan fingerprint density at radius 2 is 1.35 bits per heavy atom. The molecular formula is C25H37F4NO. The Hall–Kier alpha value is -0.880. The average molecular weight is 444 g/mol. The number of nitrogens with one attached hydrogen (secondary N) is 1. The molecule has 2 atom stereocenters. The molecule has 2 nitrogen and oxygen atoms in total. The zero-order chi connectivity index (χ0) is 22.2. The summed E-state index contributed by atoms with van der Waals surface area (Å²) in [5.41, 5.74) is -1.03. The lowest BCUT2D eigenvalue weighted by Gasteiger charge is -2.42. The number of alkyl halides is 4. The van der Waals surface area contributed by atoms with Crippen LogP contribution in [0.3, 0.4) is 0 Å². The Bertz CT molecular complexity index is 680. The van der Waals surface area contributed by atoms with Crippen molar-refractivity contribution in [1.82, 2.24) is 5.32 Å². The largest absolute Gasteiger partial charge is 0.377 e. The molecule has 1 N–H and O–H groups in total. The molecular weight excluding hydrogens is 406 g/mol. The molecule has 1 saturated heterocycles. The minimum atomic E-state index is -4.13. The first-order valence-corrected chi connectivity index (χ1v) is 12.2. The molecule has 3 aliphatic carbocycles. The highest BCUT2D eigenvalue weighted by Crippen LogP contribution is 2.51. The van der Waals surface area contributed by atoms with E-state index >= 15 is 0 Å². The van der Waals surface area contributed by atoms with Gasteiger partial charge in [-0.3, -0.25) is 0 Å². The van der Waals surface area contributed by atoms with Gasteiger partial charge in [0.05, 0.1) is 12.7 Å². The van der Waals surface area contributed by atoms with Gasteiger partial charge in [0, 0.05) is 23.1 Å². The lowest BCUT2D eigenvalue weighted by Crippen LogP contribution is -2.48. The first kappa shape index (κ1) is 23.3. The first-order chi connectivity index (χ1) is 14.7. The fraction of sp³-hybridized carbons (Fsp3) is 0.840. The topological polar surface area (TPSA) is 21.3 Å². The van der Waals surface area contributed by atoms with E-state index in [9.17, 15) is 17.6 Å². The molecule has 0 radical (unpaired) electrons. The van der Waals surface area contributed by atoms with E-state index in [0.29, 0.717) is 24.8 Å². The van der Waals surface area contributed by atoms with Gasteiger partial charge in [0.1, 0.15) is 0 Å². The molecule has 2 unspecified atom stereocenters. The molecule has 0 amide bonds. The van der Waals surface area contributed by atoms with E-state index in [2.05, 4.69) is 12.4 Å². The second-order valence-corrected chi connectivity index (χ2v) is 10.3. The summed E-state index contributed by atoms with van der Waals surface area (Å²) in [5, 5.41) is 3.40. The van der Waals surface area contributed by atoms with Gasteiger partial charge >= 0.3 is 11.8 Å². The quantitative estimate of drug-likeness (QED) is 0.499. The van der Waals surface area contributed by atoms with E-state index in [4.69, 9.17) is 4.74 Å². The first-order valence-electron chi connectivity index (χ1n) is 12.2. The molecule has 31 heavy (non-hydrogen) atoms. The third-order valence-corrected chi connectivity index (χ3v) is 8.71. The van der Waals surface area contributed by atoms with E-state index in [0.717, 1.165) is 37.7 Å². The predicted molar refractivity (Wildman–Crippen MR) is 114 cm³/mol. The maximum absolute atomic E-state index is 14.5. The van der Waals surface area contributed by atoms with Crippen molar-refractivity contribution in [3.63, 3.8) is 0 Å². The summed E-state index contributed by atoms with van der Waals surface area (Å²) in [5.74, 6) is -6.72. The fourth-order valence-electron chi connectivity index (χ4n) is 6.50.